The summed E-state index contributed by atoms with van der Waals surface area (Å²) in [5.74, 6) is 0. The number of aromatic nitrogens is 3. The van der Waals surface area contributed by atoms with Gasteiger partial charge < -0.3 is 19.9 Å². The van der Waals surface area contributed by atoms with Crippen molar-refractivity contribution in [3.63, 3.8) is 0 Å². The molecular weight excluding hydrogens is 428 g/mol. The number of para-hydroxylation sites is 1. The molecule has 0 atom stereocenters. The largest absolute Gasteiger partial charge is 0.381 e. The van der Waals surface area contributed by atoms with Gasteiger partial charge >= 0.3 is 0 Å². The molecule has 2 aliphatic rings. The van der Waals surface area contributed by atoms with Gasteiger partial charge in [0.1, 0.15) is 13.4 Å². The smallest absolute Gasteiger partial charge is 0.280 e. The molecule has 1 fully saturated rings. The van der Waals surface area contributed by atoms with Crippen LogP contribution in [0.2, 0.25) is 0 Å². The van der Waals surface area contributed by atoms with Gasteiger partial charge in [0.25, 0.3) is 5.56 Å². The summed E-state index contributed by atoms with van der Waals surface area (Å²) in [6.07, 6.45) is 1.50. The second-order valence-electron chi connectivity index (χ2n) is 8.58. The number of aryl methyl sites for hydroxylation is 1. The normalized spacial score (nSPS) is 16.2. The fraction of sp³-hybridized carbons (Fsp3) is 0.269. The lowest BCUT2D eigenvalue weighted by Crippen LogP contribution is -2.36. The third-order valence-electron chi connectivity index (χ3n) is 6.56. The van der Waals surface area contributed by atoms with Crippen LogP contribution in [-0.4, -0.2) is 53.9 Å². The van der Waals surface area contributed by atoms with Crippen LogP contribution in [0.15, 0.2) is 65.8 Å². The molecule has 0 amide bonds. The summed E-state index contributed by atoms with van der Waals surface area (Å²) in [7, 11) is 0. The Morgan fingerprint density at radius 1 is 1.03 bits per heavy atom. The maximum Gasteiger partial charge on any atom is 0.280 e. The first-order valence-electron chi connectivity index (χ1n) is 12.0. The molecular formula is C26H26N6O2. The zero-order chi connectivity index (χ0) is 23.9. The number of morpholine rings is 1. The standard InChI is InChI=1S/C26H26N6O2/c1-18-3-2-4-22-24(18)28-9-10-31(22)23-15-19-16-27-17-29-25(19)32(26(23)33)21-7-5-20(6-8-21)30-11-13-34-14-12-30/h2-8,15-17,28H,9-14H2,1H3/i17D. The van der Waals surface area contributed by atoms with E-state index in [-0.39, 0.29) is 11.9 Å². The number of rotatable bonds is 3. The lowest BCUT2D eigenvalue weighted by Gasteiger charge is -2.33. The molecule has 4 heterocycles. The number of hydrogen-bond acceptors (Lipinski definition) is 7. The molecule has 4 aromatic rings. The average Bonchev–Trinajstić information content (AvgIpc) is 2.89. The van der Waals surface area contributed by atoms with E-state index >= 15 is 0 Å². The molecule has 0 aliphatic carbocycles. The zero-order valence-electron chi connectivity index (χ0n) is 20.0. The van der Waals surface area contributed by atoms with Crippen LogP contribution >= 0.6 is 0 Å². The average molecular weight is 456 g/mol. The van der Waals surface area contributed by atoms with E-state index in [1.54, 1.807) is 10.8 Å². The van der Waals surface area contributed by atoms with Crippen molar-refractivity contribution in [3.8, 4) is 5.69 Å². The minimum absolute atomic E-state index is 0.119. The maximum absolute atomic E-state index is 14.0. The molecule has 1 N–H and O–H groups in total. The molecule has 172 valence electrons. The van der Waals surface area contributed by atoms with Crippen LogP contribution in [0.1, 0.15) is 6.93 Å². The first-order valence-corrected chi connectivity index (χ1v) is 11.5. The van der Waals surface area contributed by atoms with Gasteiger partial charge in [0, 0.05) is 43.4 Å². The fourth-order valence-corrected chi connectivity index (χ4v) is 4.84. The molecule has 2 aromatic heterocycles. The van der Waals surface area contributed by atoms with Crippen molar-refractivity contribution in [3.05, 3.63) is 76.9 Å². The van der Waals surface area contributed by atoms with Crippen molar-refractivity contribution in [1.29, 1.82) is 0 Å². The Kier molecular flexibility index (Phi) is 4.86. The van der Waals surface area contributed by atoms with Crippen molar-refractivity contribution < 1.29 is 6.11 Å². The van der Waals surface area contributed by atoms with Gasteiger partial charge in [-0.15, -0.1) is 0 Å². The molecule has 8 heteroatoms. The van der Waals surface area contributed by atoms with E-state index in [1.165, 1.54) is 0 Å². The lowest BCUT2D eigenvalue weighted by atomic mass is 10.1. The topological polar surface area (TPSA) is 75.5 Å². The molecule has 8 nitrogen and oxygen atoms in total. The summed E-state index contributed by atoms with van der Waals surface area (Å²) < 4.78 is 15.0. The summed E-state index contributed by atoms with van der Waals surface area (Å²) in [6, 6.07) is 15.9. The van der Waals surface area contributed by atoms with Crippen LogP contribution in [0.3, 0.4) is 0 Å². The van der Waals surface area contributed by atoms with Gasteiger partial charge in [-0.25, -0.2) is 9.97 Å². The molecule has 1 saturated heterocycles. The summed E-state index contributed by atoms with van der Waals surface area (Å²) in [5.41, 5.74) is 5.75. The summed E-state index contributed by atoms with van der Waals surface area (Å²) in [5, 5.41) is 4.17. The first kappa shape index (κ1) is 19.5. The number of benzene rings is 2. The predicted molar refractivity (Wildman–Crippen MR) is 135 cm³/mol. The quantitative estimate of drug-likeness (QED) is 0.507. The molecule has 2 aromatic carbocycles. The molecule has 0 saturated carbocycles. The molecule has 6 rings (SSSR count). The summed E-state index contributed by atoms with van der Waals surface area (Å²) in [6.45, 7) is 6.55. The minimum atomic E-state index is -0.177. The Labute approximate surface area is 198 Å². The Bertz CT molecular complexity index is 1460. The van der Waals surface area contributed by atoms with Gasteiger partial charge in [0.15, 0.2) is 5.65 Å². The van der Waals surface area contributed by atoms with Crippen molar-refractivity contribution >= 4 is 33.8 Å². The third-order valence-corrected chi connectivity index (χ3v) is 6.56. The van der Waals surface area contributed by atoms with Gasteiger partial charge in [-0.1, -0.05) is 12.1 Å². The Balaban J connectivity index is 1.51. The molecule has 0 unspecified atom stereocenters. The van der Waals surface area contributed by atoms with Crippen molar-refractivity contribution in [2.75, 3.05) is 54.5 Å². The second kappa shape index (κ2) is 8.46. The lowest BCUT2D eigenvalue weighted by molar-refractivity contribution is 0.122. The Morgan fingerprint density at radius 2 is 1.82 bits per heavy atom. The molecule has 0 bridgehead atoms. The van der Waals surface area contributed by atoms with Crippen LogP contribution in [0.25, 0.3) is 16.7 Å². The van der Waals surface area contributed by atoms with Crippen LogP contribution < -0.4 is 20.7 Å². The highest BCUT2D eigenvalue weighted by Crippen LogP contribution is 2.36. The Morgan fingerprint density at radius 3 is 2.65 bits per heavy atom. The van der Waals surface area contributed by atoms with Crippen LogP contribution in [0.4, 0.5) is 22.7 Å². The van der Waals surface area contributed by atoms with Gasteiger partial charge in [0.05, 0.1) is 30.3 Å². The van der Waals surface area contributed by atoms with Gasteiger partial charge in [-0.3, -0.25) is 9.36 Å². The number of fused-ring (bicyclic) bond motifs is 2. The van der Waals surface area contributed by atoms with Crippen LogP contribution in [0.5, 0.6) is 0 Å². The van der Waals surface area contributed by atoms with E-state index in [9.17, 15) is 4.79 Å². The highest BCUT2D eigenvalue weighted by atomic mass is 16.5. The van der Waals surface area contributed by atoms with Crippen LogP contribution in [-0.2, 0) is 4.74 Å². The minimum Gasteiger partial charge on any atom is -0.381 e. The van der Waals surface area contributed by atoms with Crippen molar-refractivity contribution in [2.24, 2.45) is 0 Å². The third kappa shape index (κ3) is 3.47. The number of pyridine rings is 1. The predicted octanol–water partition coefficient (Wildman–Crippen LogP) is 3.49. The van der Waals surface area contributed by atoms with E-state index in [1.807, 2.05) is 42.5 Å². The first-order chi connectivity index (χ1) is 17.1. The summed E-state index contributed by atoms with van der Waals surface area (Å²) in [4.78, 5) is 26.8. The molecule has 34 heavy (non-hydrogen) atoms. The highest BCUT2D eigenvalue weighted by Gasteiger charge is 2.24. The van der Waals surface area contributed by atoms with E-state index in [0.717, 1.165) is 42.3 Å². The van der Waals surface area contributed by atoms with Gasteiger partial charge in [0.2, 0.25) is 0 Å². The SMILES string of the molecule is [2H]c1ncc2cc(N3CCNc4c(C)cccc43)c(=O)n(-c3ccc(N4CCOCC4)cc3)c2n1. The molecule has 2 aliphatic heterocycles. The number of hydrogen-bond donors (Lipinski definition) is 1. The van der Waals surface area contributed by atoms with E-state index in [0.29, 0.717) is 42.2 Å². The number of nitrogens with one attached hydrogen (secondary N) is 1. The molecule has 0 radical (unpaired) electrons. The van der Waals surface area contributed by atoms with Crippen molar-refractivity contribution in [2.45, 2.75) is 6.92 Å². The van der Waals surface area contributed by atoms with Crippen LogP contribution in [0, 0.1) is 6.92 Å². The maximum atomic E-state index is 14.0. The van der Waals surface area contributed by atoms with Crippen molar-refractivity contribution in [1.82, 2.24) is 14.5 Å². The number of anilines is 4. The highest BCUT2D eigenvalue weighted by molar-refractivity contribution is 5.85. The number of ether oxygens (including phenoxy) is 1. The van der Waals surface area contributed by atoms with E-state index in [4.69, 9.17) is 6.11 Å². The van der Waals surface area contributed by atoms with E-state index in [2.05, 4.69) is 38.1 Å². The van der Waals surface area contributed by atoms with E-state index < -0.39 is 0 Å². The monoisotopic (exact) mass is 455 g/mol. The molecule has 0 spiro atoms. The van der Waals surface area contributed by atoms with Gasteiger partial charge in [-0.05, 0) is 48.9 Å². The fourth-order valence-electron chi connectivity index (χ4n) is 4.84. The zero-order valence-corrected chi connectivity index (χ0v) is 19.0. The number of nitrogens with zero attached hydrogens (tertiary/aromatic N) is 5. The second-order valence-corrected chi connectivity index (χ2v) is 8.58. The summed E-state index contributed by atoms with van der Waals surface area (Å²) >= 11 is 0. The Hall–Kier alpha value is -3.91. The van der Waals surface area contributed by atoms with Gasteiger partial charge in [-0.2, -0.15) is 0 Å².